The van der Waals surface area contributed by atoms with E-state index in [1.807, 2.05) is 31.2 Å². The standard InChI is InChI=1S/C13H15N5O2/c1-3-10-6-4-5-7-11(10)18-8-14-12(15-13(18)20)17-16-9(2)19/h4-8H,3H2,1-2H3,(H,16,19)(H,15,17,20). The maximum atomic E-state index is 12.0. The minimum absolute atomic E-state index is 0.0513. The molecule has 1 amide bonds. The molecule has 0 saturated carbocycles. The Kier molecular flexibility index (Phi) is 4.09. The third-order valence-electron chi connectivity index (χ3n) is 2.69. The number of nitrogens with one attached hydrogen (secondary N) is 2. The Bertz CT molecular complexity index is 680. The van der Waals surface area contributed by atoms with Crippen LogP contribution in [0.4, 0.5) is 5.95 Å². The van der Waals surface area contributed by atoms with Gasteiger partial charge in [0, 0.05) is 6.92 Å². The van der Waals surface area contributed by atoms with Crippen LogP contribution in [0.3, 0.4) is 0 Å². The van der Waals surface area contributed by atoms with Crippen molar-refractivity contribution in [3.05, 3.63) is 46.6 Å². The molecule has 2 rings (SSSR count). The molecule has 0 fully saturated rings. The van der Waals surface area contributed by atoms with Gasteiger partial charge in [-0.3, -0.25) is 20.2 Å². The zero-order valence-corrected chi connectivity index (χ0v) is 11.3. The van der Waals surface area contributed by atoms with Crippen molar-refractivity contribution >= 4 is 11.9 Å². The van der Waals surface area contributed by atoms with E-state index in [4.69, 9.17) is 0 Å². The minimum Gasteiger partial charge on any atom is -0.274 e. The maximum absolute atomic E-state index is 12.0. The van der Waals surface area contributed by atoms with Crippen molar-refractivity contribution in [1.82, 2.24) is 20.0 Å². The SMILES string of the molecule is CCc1ccccc1-n1cnc(NNC(C)=O)nc1=O. The summed E-state index contributed by atoms with van der Waals surface area (Å²) in [7, 11) is 0. The number of aryl methyl sites for hydroxylation is 1. The maximum Gasteiger partial charge on any atom is 0.356 e. The van der Waals surface area contributed by atoms with Gasteiger partial charge in [-0.15, -0.1) is 0 Å². The second kappa shape index (κ2) is 5.96. The van der Waals surface area contributed by atoms with Gasteiger partial charge in [0.05, 0.1) is 5.69 Å². The first kappa shape index (κ1) is 13.7. The summed E-state index contributed by atoms with van der Waals surface area (Å²) in [6.07, 6.45) is 2.18. The molecular formula is C13H15N5O2. The van der Waals surface area contributed by atoms with Gasteiger partial charge in [-0.05, 0) is 18.1 Å². The number of rotatable bonds is 4. The topological polar surface area (TPSA) is 88.9 Å². The molecule has 1 heterocycles. The molecule has 0 aliphatic heterocycles. The minimum atomic E-state index is -0.464. The fraction of sp³-hybridized carbons (Fsp3) is 0.231. The van der Waals surface area contributed by atoms with Crippen LogP contribution in [0.5, 0.6) is 0 Å². The van der Waals surface area contributed by atoms with Gasteiger partial charge in [0.25, 0.3) is 0 Å². The van der Waals surface area contributed by atoms with E-state index in [2.05, 4.69) is 20.8 Å². The van der Waals surface area contributed by atoms with Crippen molar-refractivity contribution in [3.8, 4) is 5.69 Å². The van der Waals surface area contributed by atoms with Gasteiger partial charge >= 0.3 is 5.69 Å². The van der Waals surface area contributed by atoms with Crippen molar-refractivity contribution in [1.29, 1.82) is 0 Å². The predicted octanol–water partition coefficient (Wildman–Crippen LogP) is 0.653. The Morgan fingerprint density at radius 2 is 2.10 bits per heavy atom. The van der Waals surface area contributed by atoms with Gasteiger partial charge in [0.15, 0.2) is 0 Å². The molecule has 1 aromatic heterocycles. The Morgan fingerprint density at radius 1 is 1.35 bits per heavy atom. The summed E-state index contributed by atoms with van der Waals surface area (Å²) >= 11 is 0. The van der Waals surface area contributed by atoms with Gasteiger partial charge in [-0.2, -0.15) is 4.98 Å². The molecule has 0 bridgehead atoms. The molecule has 0 spiro atoms. The largest absolute Gasteiger partial charge is 0.356 e. The zero-order chi connectivity index (χ0) is 14.5. The fourth-order valence-electron chi connectivity index (χ4n) is 1.75. The third kappa shape index (κ3) is 3.00. The van der Waals surface area contributed by atoms with E-state index in [1.54, 1.807) is 0 Å². The molecule has 7 nitrogen and oxygen atoms in total. The Balaban J connectivity index is 2.34. The number of amides is 1. The van der Waals surface area contributed by atoms with Crippen LogP contribution < -0.4 is 16.5 Å². The number of benzene rings is 1. The van der Waals surface area contributed by atoms with Gasteiger partial charge < -0.3 is 0 Å². The predicted molar refractivity (Wildman–Crippen MR) is 74.4 cm³/mol. The van der Waals surface area contributed by atoms with Crippen molar-refractivity contribution in [3.63, 3.8) is 0 Å². The summed E-state index contributed by atoms with van der Waals surface area (Å²) < 4.78 is 1.37. The summed E-state index contributed by atoms with van der Waals surface area (Å²) in [5, 5.41) is 0. The average Bonchev–Trinajstić information content (AvgIpc) is 2.45. The lowest BCUT2D eigenvalue weighted by Gasteiger charge is -2.10. The van der Waals surface area contributed by atoms with Crippen molar-refractivity contribution in [2.75, 3.05) is 5.43 Å². The first-order valence-corrected chi connectivity index (χ1v) is 6.18. The Hall–Kier alpha value is -2.70. The second-order valence-electron chi connectivity index (χ2n) is 4.12. The molecule has 2 N–H and O–H groups in total. The first-order valence-electron chi connectivity index (χ1n) is 6.18. The van der Waals surface area contributed by atoms with Crippen LogP contribution in [0.25, 0.3) is 5.69 Å². The number of carbonyl (C=O) groups is 1. The number of para-hydroxylation sites is 1. The van der Waals surface area contributed by atoms with E-state index in [0.717, 1.165) is 17.7 Å². The van der Waals surface area contributed by atoms with Gasteiger partial charge in [0.2, 0.25) is 11.9 Å². The summed E-state index contributed by atoms with van der Waals surface area (Å²) in [6.45, 7) is 3.35. The summed E-state index contributed by atoms with van der Waals surface area (Å²) in [4.78, 5) is 30.5. The zero-order valence-electron chi connectivity index (χ0n) is 11.3. The smallest absolute Gasteiger partial charge is 0.274 e. The number of hydrogen-bond acceptors (Lipinski definition) is 5. The van der Waals surface area contributed by atoms with E-state index in [0.29, 0.717) is 0 Å². The molecule has 0 atom stereocenters. The van der Waals surface area contributed by atoms with Crippen LogP contribution in [0, 0.1) is 0 Å². The molecular weight excluding hydrogens is 258 g/mol. The first-order chi connectivity index (χ1) is 9.61. The second-order valence-corrected chi connectivity index (χ2v) is 4.12. The number of hydrogen-bond donors (Lipinski definition) is 2. The van der Waals surface area contributed by atoms with Crippen molar-refractivity contribution in [2.24, 2.45) is 0 Å². The number of aromatic nitrogens is 3. The molecule has 0 unspecified atom stereocenters. The molecule has 0 saturated heterocycles. The summed E-state index contributed by atoms with van der Waals surface area (Å²) in [5.74, 6) is -0.246. The Labute approximate surface area is 115 Å². The summed E-state index contributed by atoms with van der Waals surface area (Å²) in [5.41, 5.74) is 6.09. The van der Waals surface area contributed by atoms with Crippen LogP contribution >= 0.6 is 0 Å². The van der Waals surface area contributed by atoms with Gasteiger partial charge in [-0.1, -0.05) is 25.1 Å². The highest BCUT2D eigenvalue weighted by molar-refractivity contribution is 5.73. The van der Waals surface area contributed by atoms with E-state index < -0.39 is 5.69 Å². The van der Waals surface area contributed by atoms with Crippen LogP contribution in [0.1, 0.15) is 19.4 Å². The molecule has 7 heteroatoms. The molecule has 2 aromatic rings. The number of anilines is 1. The highest BCUT2D eigenvalue weighted by Gasteiger charge is 2.07. The van der Waals surface area contributed by atoms with Crippen molar-refractivity contribution in [2.45, 2.75) is 20.3 Å². The van der Waals surface area contributed by atoms with Gasteiger partial charge in [-0.25, -0.2) is 9.78 Å². The monoisotopic (exact) mass is 273 g/mol. The molecule has 0 aliphatic rings. The van der Waals surface area contributed by atoms with Crippen LogP contribution in [-0.2, 0) is 11.2 Å². The molecule has 1 aromatic carbocycles. The number of hydrazine groups is 1. The highest BCUT2D eigenvalue weighted by atomic mass is 16.2. The number of nitrogens with zero attached hydrogens (tertiary/aromatic N) is 3. The van der Waals surface area contributed by atoms with Crippen LogP contribution in [-0.4, -0.2) is 20.4 Å². The number of carbonyl (C=O) groups excluding carboxylic acids is 1. The molecule has 0 radical (unpaired) electrons. The molecule has 104 valence electrons. The lowest BCUT2D eigenvalue weighted by Crippen LogP contribution is -2.31. The quantitative estimate of drug-likeness (QED) is 0.799. The summed E-state index contributed by atoms with van der Waals surface area (Å²) in [6, 6.07) is 7.56. The van der Waals surface area contributed by atoms with Crippen LogP contribution in [0.2, 0.25) is 0 Å². The van der Waals surface area contributed by atoms with Crippen molar-refractivity contribution < 1.29 is 4.79 Å². The lowest BCUT2D eigenvalue weighted by atomic mass is 10.1. The normalized spacial score (nSPS) is 10.1. The fourth-order valence-corrected chi connectivity index (χ4v) is 1.75. The lowest BCUT2D eigenvalue weighted by molar-refractivity contribution is -0.118. The van der Waals surface area contributed by atoms with E-state index in [1.165, 1.54) is 17.8 Å². The van der Waals surface area contributed by atoms with E-state index in [-0.39, 0.29) is 11.9 Å². The van der Waals surface area contributed by atoms with Gasteiger partial charge in [0.1, 0.15) is 6.33 Å². The molecule has 20 heavy (non-hydrogen) atoms. The third-order valence-corrected chi connectivity index (χ3v) is 2.69. The van der Waals surface area contributed by atoms with E-state index >= 15 is 0 Å². The average molecular weight is 273 g/mol. The van der Waals surface area contributed by atoms with Crippen LogP contribution in [0.15, 0.2) is 35.4 Å². The van der Waals surface area contributed by atoms with E-state index in [9.17, 15) is 9.59 Å². The highest BCUT2D eigenvalue weighted by Crippen LogP contribution is 2.12. The molecule has 0 aliphatic carbocycles. The Morgan fingerprint density at radius 3 is 2.75 bits per heavy atom.